The highest BCUT2D eigenvalue weighted by Gasteiger charge is 2.59. The summed E-state index contributed by atoms with van der Waals surface area (Å²) in [5.74, 6) is -0.659. The Hall–Kier alpha value is -4.91. The molecule has 0 saturated carbocycles. The molecule has 14 nitrogen and oxygen atoms in total. The van der Waals surface area contributed by atoms with Crippen molar-refractivity contribution in [3.8, 4) is 23.4 Å². The number of methoxy groups -OCH3 is 2. The fourth-order valence-corrected chi connectivity index (χ4v) is 8.49. The lowest BCUT2D eigenvalue weighted by molar-refractivity contribution is -0.121. The molecule has 2 aromatic carbocycles. The molecule has 2 fully saturated rings. The molecular weight excluding hydrogens is 650 g/mol. The summed E-state index contributed by atoms with van der Waals surface area (Å²) >= 11 is 0. The number of sulfonamides is 1. The van der Waals surface area contributed by atoms with Crippen molar-refractivity contribution in [2.45, 2.75) is 36.2 Å². The van der Waals surface area contributed by atoms with E-state index in [0.717, 1.165) is 39.0 Å². The molecule has 3 aliphatic rings. The number of hydrogen-bond donors (Lipinski definition) is 2. The van der Waals surface area contributed by atoms with E-state index in [-0.39, 0.29) is 45.5 Å². The van der Waals surface area contributed by atoms with Crippen LogP contribution in [0.4, 0.5) is 10.5 Å². The molecule has 0 radical (unpaired) electrons. The van der Waals surface area contributed by atoms with Gasteiger partial charge in [-0.25, -0.2) is 18.2 Å². The standard InChI is InChI=1S/C34H39N7O7S/c1-4-48-31-26(6-5-13-37-31)34(38-33(43)40-16-11-24(12-17-40)39-18-14-36-15-19-39)27-20-23(22-35)7-9-28(27)41(32(34)42)49(44,45)30-10-8-25(46-2)21-29(30)47-3/h5-10,13,20-21,24,36H,4,11-12,14-19H2,1-3H3,(H,38,43). The van der Waals surface area contributed by atoms with E-state index < -0.39 is 27.5 Å². The van der Waals surface area contributed by atoms with Gasteiger partial charge in [0.15, 0.2) is 5.54 Å². The number of piperazine rings is 1. The average molecular weight is 690 g/mol. The normalized spacial score (nSPS) is 20.0. The summed E-state index contributed by atoms with van der Waals surface area (Å²) in [5.41, 5.74) is -1.80. The number of hydrogen-bond acceptors (Lipinski definition) is 11. The quantitative estimate of drug-likeness (QED) is 0.339. The maximum Gasteiger partial charge on any atom is 0.318 e. The van der Waals surface area contributed by atoms with Gasteiger partial charge in [0.1, 0.15) is 16.4 Å². The van der Waals surface area contributed by atoms with Gasteiger partial charge < -0.3 is 29.7 Å². The van der Waals surface area contributed by atoms with Gasteiger partial charge in [-0.1, -0.05) is 0 Å². The number of fused-ring (bicyclic) bond motifs is 1. The Morgan fingerprint density at radius 3 is 2.49 bits per heavy atom. The van der Waals surface area contributed by atoms with E-state index in [4.69, 9.17) is 14.2 Å². The number of ether oxygens (including phenoxy) is 3. The molecule has 0 bridgehead atoms. The van der Waals surface area contributed by atoms with E-state index >= 15 is 4.79 Å². The van der Waals surface area contributed by atoms with Crippen LogP contribution < -0.4 is 29.1 Å². The monoisotopic (exact) mass is 689 g/mol. The molecule has 258 valence electrons. The molecule has 6 rings (SSSR count). The van der Waals surface area contributed by atoms with E-state index in [1.54, 1.807) is 24.0 Å². The zero-order valence-corrected chi connectivity index (χ0v) is 28.5. The Morgan fingerprint density at radius 2 is 1.82 bits per heavy atom. The molecule has 3 aromatic rings. The highest BCUT2D eigenvalue weighted by Crippen LogP contribution is 2.50. The first kappa shape index (κ1) is 34.0. The van der Waals surface area contributed by atoms with Gasteiger partial charge in [0.05, 0.1) is 43.7 Å². The predicted octanol–water partition coefficient (Wildman–Crippen LogP) is 2.43. The summed E-state index contributed by atoms with van der Waals surface area (Å²) in [6.07, 6.45) is 2.98. The van der Waals surface area contributed by atoms with Crippen molar-refractivity contribution in [2.24, 2.45) is 0 Å². The van der Waals surface area contributed by atoms with Crippen molar-refractivity contribution < 1.29 is 32.2 Å². The number of amides is 3. The lowest BCUT2D eigenvalue weighted by atomic mass is 9.83. The van der Waals surface area contributed by atoms with E-state index in [9.17, 15) is 18.5 Å². The van der Waals surface area contributed by atoms with Gasteiger partial charge in [-0.05, 0) is 62.2 Å². The van der Waals surface area contributed by atoms with Crippen molar-refractivity contribution in [3.63, 3.8) is 0 Å². The van der Waals surface area contributed by atoms with Gasteiger partial charge in [0, 0.05) is 63.1 Å². The van der Waals surface area contributed by atoms with Crippen LogP contribution in [0.5, 0.6) is 17.4 Å². The van der Waals surface area contributed by atoms with E-state index in [1.165, 1.54) is 56.8 Å². The molecule has 1 aromatic heterocycles. The number of carbonyl (C=O) groups excluding carboxylic acids is 2. The van der Waals surface area contributed by atoms with Crippen molar-refractivity contribution in [2.75, 3.05) is 64.4 Å². The Morgan fingerprint density at radius 1 is 1.06 bits per heavy atom. The topological polar surface area (TPSA) is 166 Å². The van der Waals surface area contributed by atoms with Crippen LogP contribution in [-0.4, -0.2) is 101 Å². The number of nitrogens with one attached hydrogen (secondary N) is 2. The number of anilines is 1. The third-order valence-electron chi connectivity index (χ3n) is 9.31. The van der Waals surface area contributed by atoms with Crippen molar-refractivity contribution in [1.82, 2.24) is 25.4 Å². The maximum atomic E-state index is 15.1. The second-order valence-corrected chi connectivity index (χ2v) is 13.7. The number of likely N-dealkylation sites (tertiary alicyclic amines) is 1. The van der Waals surface area contributed by atoms with Crippen LogP contribution in [-0.2, 0) is 20.4 Å². The third kappa shape index (κ3) is 6.00. The Balaban J connectivity index is 1.47. The summed E-state index contributed by atoms with van der Waals surface area (Å²) in [7, 11) is -1.94. The highest BCUT2D eigenvalue weighted by molar-refractivity contribution is 7.93. The van der Waals surface area contributed by atoms with Gasteiger partial charge in [0.25, 0.3) is 15.9 Å². The van der Waals surface area contributed by atoms with Crippen LogP contribution in [0.25, 0.3) is 0 Å². The minimum Gasteiger partial charge on any atom is -0.497 e. The van der Waals surface area contributed by atoms with E-state index in [0.29, 0.717) is 29.2 Å². The number of benzene rings is 2. The van der Waals surface area contributed by atoms with Crippen LogP contribution in [0.15, 0.2) is 59.6 Å². The molecule has 1 atom stereocenters. The molecule has 2 N–H and O–H groups in total. The number of aromatic nitrogens is 1. The fraction of sp³-hybridized carbons (Fsp3) is 0.412. The predicted molar refractivity (Wildman–Crippen MR) is 179 cm³/mol. The molecule has 2 saturated heterocycles. The van der Waals surface area contributed by atoms with Crippen molar-refractivity contribution in [1.29, 1.82) is 5.26 Å². The first-order valence-corrected chi connectivity index (χ1v) is 17.6. The molecule has 4 heterocycles. The van der Waals surface area contributed by atoms with Crippen LogP contribution in [0.3, 0.4) is 0 Å². The minimum atomic E-state index is -4.69. The summed E-state index contributed by atoms with van der Waals surface area (Å²) in [6.45, 7) is 6.52. The smallest absolute Gasteiger partial charge is 0.318 e. The number of nitriles is 1. The van der Waals surface area contributed by atoms with Gasteiger partial charge in [0.2, 0.25) is 5.88 Å². The summed E-state index contributed by atoms with van der Waals surface area (Å²) in [4.78, 5) is 37.6. The van der Waals surface area contributed by atoms with Crippen LogP contribution >= 0.6 is 0 Å². The molecule has 3 amide bonds. The number of pyridine rings is 1. The van der Waals surface area contributed by atoms with Crippen molar-refractivity contribution >= 4 is 27.6 Å². The SMILES string of the molecule is CCOc1ncccc1C1(NC(=O)N2CCC(N3CCNCC3)CC2)C(=O)N(S(=O)(=O)c2ccc(OC)cc2OC)c2ccc(C#N)cc21. The number of nitrogens with zero attached hydrogens (tertiary/aromatic N) is 5. The molecule has 0 spiro atoms. The van der Waals surface area contributed by atoms with Gasteiger partial charge >= 0.3 is 6.03 Å². The molecular formula is C34H39N7O7S. The van der Waals surface area contributed by atoms with Crippen LogP contribution in [0, 0.1) is 11.3 Å². The Labute approximate surface area is 285 Å². The number of carbonyl (C=O) groups is 2. The lowest BCUT2D eigenvalue weighted by Gasteiger charge is -2.41. The van der Waals surface area contributed by atoms with E-state index in [2.05, 4.69) is 26.6 Å². The Kier molecular flexibility index (Phi) is 9.64. The number of urea groups is 1. The highest BCUT2D eigenvalue weighted by atomic mass is 32.2. The average Bonchev–Trinajstić information content (AvgIpc) is 3.39. The molecule has 15 heteroatoms. The molecule has 49 heavy (non-hydrogen) atoms. The van der Waals surface area contributed by atoms with Gasteiger partial charge in [-0.3, -0.25) is 9.69 Å². The summed E-state index contributed by atoms with van der Waals surface area (Å²) in [6, 6.07) is 13.4. The molecule has 3 aliphatic heterocycles. The lowest BCUT2D eigenvalue weighted by Crippen LogP contribution is -2.59. The second kappa shape index (κ2) is 13.9. The molecule has 1 unspecified atom stereocenters. The van der Waals surface area contributed by atoms with Crippen molar-refractivity contribution in [3.05, 3.63) is 71.4 Å². The van der Waals surface area contributed by atoms with Crippen LogP contribution in [0.1, 0.15) is 36.5 Å². The third-order valence-corrected chi connectivity index (χ3v) is 11.0. The summed E-state index contributed by atoms with van der Waals surface area (Å²) in [5, 5.41) is 16.2. The van der Waals surface area contributed by atoms with Gasteiger partial charge in [-0.15, -0.1) is 0 Å². The van der Waals surface area contributed by atoms with E-state index in [1.807, 2.05) is 0 Å². The first-order chi connectivity index (χ1) is 23.7. The fourth-order valence-electron chi connectivity index (χ4n) is 6.88. The molecule has 0 aliphatic carbocycles. The Bertz CT molecular complexity index is 1890. The largest absolute Gasteiger partial charge is 0.497 e. The zero-order chi connectivity index (χ0) is 34.8. The summed E-state index contributed by atoms with van der Waals surface area (Å²) < 4.78 is 46.4. The first-order valence-electron chi connectivity index (χ1n) is 16.2. The minimum absolute atomic E-state index is 0.0330. The number of piperidine rings is 1. The number of rotatable bonds is 9. The zero-order valence-electron chi connectivity index (χ0n) is 27.6. The second-order valence-electron chi connectivity index (χ2n) is 11.9. The maximum absolute atomic E-state index is 15.1. The van der Waals surface area contributed by atoms with Crippen LogP contribution in [0.2, 0.25) is 0 Å². The van der Waals surface area contributed by atoms with Gasteiger partial charge in [-0.2, -0.15) is 9.57 Å².